The molecule has 0 radical (unpaired) electrons. The highest BCUT2D eigenvalue weighted by molar-refractivity contribution is 7.90. The number of rotatable bonds is 8. The first-order chi connectivity index (χ1) is 6.85. The first kappa shape index (κ1) is 14.9. The van der Waals surface area contributed by atoms with E-state index in [0.717, 1.165) is 13.0 Å². The maximum absolute atomic E-state index is 11.1. The number of nitrogens with one attached hydrogen (secondary N) is 1. The van der Waals surface area contributed by atoms with Crippen LogP contribution in [-0.4, -0.2) is 45.7 Å². The molecule has 15 heavy (non-hydrogen) atoms. The molecule has 5 heteroatoms. The van der Waals surface area contributed by atoms with Crippen LogP contribution in [0.4, 0.5) is 0 Å². The van der Waals surface area contributed by atoms with Gasteiger partial charge in [0.2, 0.25) is 0 Å². The van der Waals surface area contributed by atoms with Crippen molar-refractivity contribution in [3.63, 3.8) is 0 Å². The molecule has 0 fully saturated rings. The third-order valence-corrected chi connectivity index (χ3v) is 2.92. The molecule has 0 rings (SSSR count). The van der Waals surface area contributed by atoms with E-state index in [1.165, 1.54) is 6.26 Å². The van der Waals surface area contributed by atoms with Crippen LogP contribution in [0.5, 0.6) is 0 Å². The van der Waals surface area contributed by atoms with E-state index in [4.69, 9.17) is 4.74 Å². The van der Waals surface area contributed by atoms with Crippen molar-refractivity contribution < 1.29 is 13.2 Å². The predicted molar refractivity (Wildman–Crippen MR) is 62.9 cm³/mol. The van der Waals surface area contributed by atoms with Gasteiger partial charge in [0.15, 0.2) is 0 Å². The third-order valence-electron chi connectivity index (χ3n) is 1.91. The molecule has 0 aromatic rings. The van der Waals surface area contributed by atoms with Crippen molar-refractivity contribution in [1.82, 2.24) is 5.32 Å². The molecular weight excluding hydrogens is 214 g/mol. The monoisotopic (exact) mass is 237 g/mol. The minimum absolute atomic E-state index is 0.00347. The van der Waals surface area contributed by atoms with Crippen LogP contribution < -0.4 is 5.32 Å². The summed E-state index contributed by atoms with van der Waals surface area (Å²) >= 11 is 0. The third kappa shape index (κ3) is 10.2. The molecular formula is C10H23NO3S. The number of hydrogen-bond acceptors (Lipinski definition) is 4. The molecule has 0 heterocycles. The fraction of sp³-hybridized carbons (Fsp3) is 1.00. The van der Waals surface area contributed by atoms with E-state index in [-0.39, 0.29) is 17.9 Å². The second kappa shape index (κ2) is 7.19. The van der Waals surface area contributed by atoms with E-state index in [1.807, 2.05) is 20.8 Å². The molecule has 0 amide bonds. The number of hydrogen-bond donors (Lipinski definition) is 1. The lowest BCUT2D eigenvalue weighted by atomic mass is 10.2. The van der Waals surface area contributed by atoms with Crippen LogP contribution in [0, 0.1) is 0 Å². The van der Waals surface area contributed by atoms with Crippen molar-refractivity contribution >= 4 is 9.84 Å². The molecule has 1 atom stereocenters. The van der Waals surface area contributed by atoms with Crippen molar-refractivity contribution in [2.45, 2.75) is 39.3 Å². The van der Waals surface area contributed by atoms with E-state index < -0.39 is 9.84 Å². The van der Waals surface area contributed by atoms with Gasteiger partial charge in [-0.2, -0.15) is 0 Å². The van der Waals surface area contributed by atoms with E-state index >= 15 is 0 Å². The molecule has 0 aromatic heterocycles. The van der Waals surface area contributed by atoms with Crippen LogP contribution in [0.15, 0.2) is 0 Å². The van der Waals surface area contributed by atoms with Crippen molar-refractivity contribution in [1.29, 1.82) is 0 Å². The molecule has 1 unspecified atom stereocenters. The van der Waals surface area contributed by atoms with Gasteiger partial charge in [-0.15, -0.1) is 0 Å². The largest absolute Gasteiger partial charge is 0.379 e. The molecule has 0 aromatic carbocycles. The molecule has 0 aliphatic heterocycles. The fourth-order valence-corrected chi connectivity index (χ4v) is 2.36. The summed E-state index contributed by atoms with van der Waals surface area (Å²) in [4.78, 5) is 0. The molecule has 0 saturated carbocycles. The Labute approximate surface area is 93.3 Å². The van der Waals surface area contributed by atoms with Gasteiger partial charge in [-0.25, -0.2) is 8.42 Å². The first-order valence-electron chi connectivity index (χ1n) is 5.38. The van der Waals surface area contributed by atoms with Crippen LogP contribution in [0.2, 0.25) is 0 Å². The molecule has 4 nitrogen and oxygen atoms in total. The summed E-state index contributed by atoms with van der Waals surface area (Å²) in [6.45, 7) is 7.29. The average molecular weight is 237 g/mol. The van der Waals surface area contributed by atoms with E-state index in [2.05, 4.69) is 5.32 Å². The van der Waals surface area contributed by atoms with Gasteiger partial charge in [0.25, 0.3) is 0 Å². The zero-order valence-electron chi connectivity index (χ0n) is 10.1. The summed E-state index contributed by atoms with van der Waals surface area (Å²) in [5.41, 5.74) is 0. The minimum Gasteiger partial charge on any atom is -0.379 e. The van der Waals surface area contributed by atoms with Crippen molar-refractivity contribution in [2.75, 3.05) is 25.2 Å². The highest BCUT2D eigenvalue weighted by atomic mass is 32.2. The van der Waals surface area contributed by atoms with Crippen LogP contribution in [0.1, 0.15) is 27.2 Å². The molecule has 0 aliphatic rings. The summed E-state index contributed by atoms with van der Waals surface area (Å²) in [5, 5.41) is 3.15. The molecule has 1 N–H and O–H groups in total. The maximum atomic E-state index is 11.1. The quantitative estimate of drug-likeness (QED) is 0.679. The van der Waals surface area contributed by atoms with Crippen molar-refractivity contribution in [3.8, 4) is 0 Å². The van der Waals surface area contributed by atoms with Gasteiger partial charge in [0, 0.05) is 18.9 Å². The normalized spacial score (nSPS) is 14.5. The van der Waals surface area contributed by atoms with Crippen LogP contribution in [-0.2, 0) is 14.6 Å². The fourth-order valence-electron chi connectivity index (χ4n) is 1.34. The molecule has 0 spiro atoms. The SMILES string of the molecule is CCNC(CCOC(C)C)CS(C)(=O)=O. The lowest BCUT2D eigenvalue weighted by Crippen LogP contribution is -2.36. The molecule has 0 aliphatic carbocycles. The smallest absolute Gasteiger partial charge is 0.148 e. The Morgan fingerprint density at radius 1 is 1.33 bits per heavy atom. The van der Waals surface area contributed by atoms with Gasteiger partial charge in [0.1, 0.15) is 9.84 Å². The number of ether oxygens (including phenoxy) is 1. The Bertz CT molecular complexity index is 249. The molecule has 92 valence electrons. The van der Waals surface area contributed by atoms with Crippen molar-refractivity contribution in [3.05, 3.63) is 0 Å². The van der Waals surface area contributed by atoms with Crippen molar-refractivity contribution in [2.24, 2.45) is 0 Å². The second-order valence-electron chi connectivity index (χ2n) is 4.06. The predicted octanol–water partition coefficient (Wildman–Crippen LogP) is 0.824. The van der Waals surface area contributed by atoms with Gasteiger partial charge < -0.3 is 10.1 Å². The lowest BCUT2D eigenvalue weighted by Gasteiger charge is -2.17. The second-order valence-corrected chi connectivity index (χ2v) is 6.24. The highest BCUT2D eigenvalue weighted by Crippen LogP contribution is 1.99. The topological polar surface area (TPSA) is 55.4 Å². The Balaban J connectivity index is 3.94. The summed E-state index contributed by atoms with van der Waals surface area (Å²) in [5.74, 6) is 0.183. The Hall–Kier alpha value is -0.130. The number of sulfone groups is 1. The van der Waals surface area contributed by atoms with Crippen LogP contribution in [0.25, 0.3) is 0 Å². The van der Waals surface area contributed by atoms with E-state index in [0.29, 0.717) is 6.61 Å². The Morgan fingerprint density at radius 3 is 2.33 bits per heavy atom. The zero-order chi connectivity index (χ0) is 11.9. The van der Waals surface area contributed by atoms with Gasteiger partial charge in [-0.1, -0.05) is 6.92 Å². The minimum atomic E-state index is -2.91. The first-order valence-corrected chi connectivity index (χ1v) is 7.44. The lowest BCUT2D eigenvalue weighted by molar-refractivity contribution is 0.0728. The van der Waals surface area contributed by atoms with Crippen LogP contribution >= 0.6 is 0 Å². The zero-order valence-corrected chi connectivity index (χ0v) is 10.9. The molecule has 0 bridgehead atoms. The summed E-state index contributed by atoms with van der Waals surface area (Å²) in [6, 6.07) is 0.00347. The Morgan fingerprint density at radius 2 is 1.93 bits per heavy atom. The van der Waals surface area contributed by atoms with E-state index in [1.54, 1.807) is 0 Å². The summed E-state index contributed by atoms with van der Waals surface area (Å²) in [7, 11) is -2.91. The maximum Gasteiger partial charge on any atom is 0.148 e. The summed E-state index contributed by atoms with van der Waals surface area (Å²) < 4.78 is 27.7. The average Bonchev–Trinajstić information content (AvgIpc) is 2.00. The van der Waals surface area contributed by atoms with Crippen LogP contribution in [0.3, 0.4) is 0 Å². The summed E-state index contributed by atoms with van der Waals surface area (Å²) in [6.07, 6.45) is 2.20. The highest BCUT2D eigenvalue weighted by Gasteiger charge is 2.14. The Kier molecular flexibility index (Phi) is 7.13. The van der Waals surface area contributed by atoms with Gasteiger partial charge in [-0.3, -0.25) is 0 Å². The van der Waals surface area contributed by atoms with Gasteiger partial charge in [-0.05, 0) is 26.8 Å². The van der Waals surface area contributed by atoms with Gasteiger partial charge in [0.05, 0.1) is 11.9 Å². The standard InChI is InChI=1S/C10H23NO3S/c1-5-11-10(8-15(4,12)13)6-7-14-9(2)3/h9-11H,5-8H2,1-4H3. The molecule has 0 saturated heterocycles. The van der Waals surface area contributed by atoms with E-state index in [9.17, 15) is 8.42 Å². The van der Waals surface area contributed by atoms with Gasteiger partial charge >= 0.3 is 0 Å².